The molecule has 1 heterocycles. The van der Waals surface area contributed by atoms with E-state index in [1.54, 1.807) is 0 Å². The normalized spacial score (nSPS) is 20.6. The summed E-state index contributed by atoms with van der Waals surface area (Å²) in [6.45, 7) is 2.87. The van der Waals surface area contributed by atoms with Crippen molar-refractivity contribution >= 4 is 17.5 Å². The van der Waals surface area contributed by atoms with Crippen LogP contribution in [0.3, 0.4) is 0 Å². The summed E-state index contributed by atoms with van der Waals surface area (Å²) in [5, 5.41) is 0. The molecule has 1 aromatic rings. The number of hydrogen-bond donors (Lipinski definition) is 0. The lowest BCUT2D eigenvalue weighted by Crippen LogP contribution is -2.41. The van der Waals surface area contributed by atoms with Gasteiger partial charge in [0, 0.05) is 24.0 Å². The van der Waals surface area contributed by atoms with E-state index in [0.717, 1.165) is 24.9 Å². The molecule has 0 saturated carbocycles. The molecule has 1 fully saturated rings. The highest BCUT2D eigenvalue weighted by Crippen LogP contribution is 2.20. The van der Waals surface area contributed by atoms with E-state index < -0.39 is 0 Å². The van der Waals surface area contributed by atoms with Crippen LogP contribution in [0.2, 0.25) is 0 Å². The molecule has 2 rings (SSSR count). The maximum absolute atomic E-state index is 12.5. The standard InChI is InChI=1S/C15H20ClNO/c1-12-6-8-13(9-7-12)15(18)17-10-4-2-3-5-14(17)11-16/h6-9,14H,2-5,10-11H2,1H3. The molecule has 18 heavy (non-hydrogen) atoms. The van der Waals surface area contributed by atoms with Gasteiger partial charge >= 0.3 is 0 Å². The Morgan fingerprint density at radius 1 is 1.28 bits per heavy atom. The number of benzene rings is 1. The van der Waals surface area contributed by atoms with Crippen LogP contribution in [0.4, 0.5) is 0 Å². The van der Waals surface area contributed by atoms with Gasteiger partial charge in [-0.1, -0.05) is 30.5 Å². The highest BCUT2D eigenvalue weighted by Gasteiger charge is 2.25. The number of carbonyl (C=O) groups is 1. The minimum atomic E-state index is 0.127. The van der Waals surface area contributed by atoms with E-state index in [-0.39, 0.29) is 11.9 Å². The number of aryl methyl sites for hydroxylation is 1. The molecule has 1 aliphatic heterocycles. The van der Waals surface area contributed by atoms with Crippen LogP contribution >= 0.6 is 11.6 Å². The van der Waals surface area contributed by atoms with Crippen molar-refractivity contribution in [2.24, 2.45) is 0 Å². The smallest absolute Gasteiger partial charge is 0.254 e. The maximum atomic E-state index is 12.5. The topological polar surface area (TPSA) is 20.3 Å². The Bertz CT molecular complexity index is 401. The predicted octanol–water partition coefficient (Wildman–Crippen LogP) is 3.62. The highest BCUT2D eigenvalue weighted by atomic mass is 35.5. The quantitative estimate of drug-likeness (QED) is 0.748. The van der Waals surface area contributed by atoms with Crippen molar-refractivity contribution in [2.75, 3.05) is 12.4 Å². The zero-order chi connectivity index (χ0) is 13.0. The highest BCUT2D eigenvalue weighted by molar-refractivity contribution is 6.18. The fourth-order valence-electron chi connectivity index (χ4n) is 2.47. The van der Waals surface area contributed by atoms with Crippen molar-refractivity contribution in [3.05, 3.63) is 35.4 Å². The first-order chi connectivity index (χ1) is 8.72. The van der Waals surface area contributed by atoms with Crippen molar-refractivity contribution in [2.45, 2.75) is 38.6 Å². The monoisotopic (exact) mass is 265 g/mol. The average molecular weight is 266 g/mol. The summed E-state index contributed by atoms with van der Waals surface area (Å²) in [6, 6.07) is 7.99. The fourth-order valence-corrected chi connectivity index (χ4v) is 2.79. The number of likely N-dealkylation sites (tertiary alicyclic amines) is 1. The van der Waals surface area contributed by atoms with Gasteiger partial charge in [0.15, 0.2) is 0 Å². The van der Waals surface area contributed by atoms with E-state index in [9.17, 15) is 4.79 Å². The van der Waals surface area contributed by atoms with Crippen molar-refractivity contribution in [3.8, 4) is 0 Å². The van der Waals surface area contributed by atoms with Crippen LogP contribution < -0.4 is 0 Å². The van der Waals surface area contributed by atoms with Gasteiger partial charge in [-0.05, 0) is 31.9 Å². The van der Waals surface area contributed by atoms with Gasteiger partial charge in [0.1, 0.15) is 0 Å². The van der Waals surface area contributed by atoms with Crippen LogP contribution in [0.1, 0.15) is 41.6 Å². The largest absolute Gasteiger partial charge is 0.334 e. The Morgan fingerprint density at radius 3 is 2.67 bits per heavy atom. The SMILES string of the molecule is Cc1ccc(C(=O)N2CCCCCC2CCl)cc1. The molecule has 1 saturated heterocycles. The number of halogens is 1. The molecule has 1 atom stereocenters. The Kier molecular flexibility index (Phi) is 4.65. The van der Waals surface area contributed by atoms with Gasteiger partial charge in [-0.2, -0.15) is 0 Å². The summed E-state index contributed by atoms with van der Waals surface area (Å²) >= 11 is 6.01. The number of nitrogens with zero attached hydrogens (tertiary/aromatic N) is 1. The molecule has 1 aromatic carbocycles. The van der Waals surface area contributed by atoms with Gasteiger partial charge < -0.3 is 4.90 Å². The van der Waals surface area contributed by atoms with Crippen LogP contribution in [0, 0.1) is 6.92 Å². The molecule has 0 spiro atoms. The Labute approximate surface area is 114 Å². The van der Waals surface area contributed by atoms with Crippen LogP contribution in [0.15, 0.2) is 24.3 Å². The van der Waals surface area contributed by atoms with Crippen molar-refractivity contribution in [1.82, 2.24) is 4.90 Å². The summed E-state index contributed by atoms with van der Waals surface area (Å²) in [5.74, 6) is 0.667. The molecule has 2 nitrogen and oxygen atoms in total. The van der Waals surface area contributed by atoms with E-state index in [1.807, 2.05) is 36.1 Å². The first-order valence-electron chi connectivity index (χ1n) is 6.66. The number of hydrogen-bond acceptors (Lipinski definition) is 1. The minimum Gasteiger partial charge on any atom is -0.334 e. The molecular weight excluding hydrogens is 246 g/mol. The number of rotatable bonds is 2. The zero-order valence-corrected chi connectivity index (χ0v) is 11.6. The Balaban J connectivity index is 2.17. The zero-order valence-electron chi connectivity index (χ0n) is 10.9. The lowest BCUT2D eigenvalue weighted by Gasteiger charge is -2.28. The summed E-state index contributed by atoms with van der Waals surface area (Å²) in [5.41, 5.74) is 1.95. The molecule has 3 heteroatoms. The van der Waals surface area contributed by atoms with Crippen molar-refractivity contribution in [3.63, 3.8) is 0 Å². The molecule has 0 N–H and O–H groups in total. The van der Waals surface area contributed by atoms with E-state index in [2.05, 4.69) is 0 Å². The molecule has 1 amide bonds. The van der Waals surface area contributed by atoms with Gasteiger partial charge in [0.25, 0.3) is 5.91 Å². The van der Waals surface area contributed by atoms with Gasteiger partial charge in [-0.15, -0.1) is 11.6 Å². The fraction of sp³-hybridized carbons (Fsp3) is 0.533. The lowest BCUT2D eigenvalue weighted by atomic mass is 10.1. The van der Waals surface area contributed by atoms with Gasteiger partial charge in [0.2, 0.25) is 0 Å². The second-order valence-corrected chi connectivity index (χ2v) is 5.33. The van der Waals surface area contributed by atoms with E-state index >= 15 is 0 Å². The number of amides is 1. The molecule has 0 aliphatic carbocycles. The van der Waals surface area contributed by atoms with Crippen LogP contribution in [0.5, 0.6) is 0 Å². The van der Waals surface area contributed by atoms with Gasteiger partial charge in [-0.25, -0.2) is 0 Å². The molecule has 0 radical (unpaired) electrons. The van der Waals surface area contributed by atoms with Gasteiger partial charge in [0.05, 0.1) is 0 Å². The lowest BCUT2D eigenvalue weighted by molar-refractivity contribution is 0.0700. The summed E-state index contributed by atoms with van der Waals surface area (Å²) in [6.07, 6.45) is 4.49. The summed E-state index contributed by atoms with van der Waals surface area (Å²) in [7, 11) is 0. The van der Waals surface area contributed by atoms with E-state index in [4.69, 9.17) is 11.6 Å². The third-order valence-corrected chi connectivity index (χ3v) is 3.97. The second-order valence-electron chi connectivity index (χ2n) is 5.02. The Morgan fingerprint density at radius 2 is 2.00 bits per heavy atom. The first-order valence-corrected chi connectivity index (χ1v) is 7.19. The molecule has 1 unspecified atom stereocenters. The third-order valence-electron chi connectivity index (χ3n) is 3.61. The van der Waals surface area contributed by atoms with Crippen molar-refractivity contribution < 1.29 is 4.79 Å². The van der Waals surface area contributed by atoms with Crippen LogP contribution in [-0.2, 0) is 0 Å². The average Bonchev–Trinajstić information content (AvgIpc) is 2.63. The van der Waals surface area contributed by atoms with E-state index in [0.29, 0.717) is 5.88 Å². The van der Waals surface area contributed by atoms with E-state index in [1.165, 1.54) is 18.4 Å². The first kappa shape index (κ1) is 13.4. The molecular formula is C15H20ClNO. The second kappa shape index (κ2) is 6.24. The third kappa shape index (κ3) is 3.05. The maximum Gasteiger partial charge on any atom is 0.254 e. The molecule has 0 bridgehead atoms. The number of alkyl halides is 1. The number of carbonyl (C=O) groups excluding carboxylic acids is 1. The summed E-state index contributed by atoms with van der Waals surface area (Å²) in [4.78, 5) is 14.5. The Hall–Kier alpha value is -1.02. The molecule has 98 valence electrons. The van der Waals surface area contributed by atoms with Crippen molar-refractivity contribution in [1.29, 1.82) is 0 Å². The minimum absolute atomic E-state index is 0.127. The summed E-state index contributed by atoms with van der Waals surface area (Å²) < 4.78 is 0. The molecule has 0 aromatic heterocycles. The van der Waals surface area contributed by atoms with Crippen LogP contribution in [0.25, 0.3) is 0 Å². The van der Waals surface area contributed by atoms with Gasteiger partial charge in [-0.3, -0.25) is 4.79 Å². The predicted molar refractivity (Wildman–Crippen MR) is 75.2 cm³/mol. The van der Waals surface area contributed by atoms with Crippen LogP contribution in [-0.4, -0.2) is 29.3 Å². The molecule has 1 aliphatic rings.